The van der Waals surface area contributed by atoms with E-state index in [-0.39, 0.29) is 11.2 Å². The van der Waals surface area contributed by atoms with Crippen LogP contribution >= 0.6 is 31.9 Å². The lowest BCUT2D eigenvalue weighted by Gasteiger charge is -2.13. The summed E-state index contributed by atoms with van der Waals surface area (Å²) in [5.41, 5.74) is -2.05. The summed E-state index contributed by atoms with van der Waals surface area (Å²) >= 11 is 6.80. The van der Waals surface area contributed by atoms with Crippen LogP contribution in [0.15, 0.2) is 65.9 Å². The maximum atomic E-state index is 12.1. The molecule has 30 heavy (non-hydrogen) atoms. The van der Waals surface area contributed by atoms with E-state index in [2.05, 4.69) is 41.9 Å². The van der Waals surface area contributed by atoms with Crippen molar-refractivity contribution in [1.82, 2.24) is 19.7 Å². The summed E-state index contributed by atoms with van der Waals surface area (Å²) in [4.78, 5) is 40.4. The van der Waals surface area contributed by atoms with Crippen LogP contribution in [0.5, 0.6) is 11.5 Å². The van der Waals surface area contributed by atoms with E-state index >= 15 is 0 Å². The van der Waals surface area contributed by atoms with Crippen LogP contribution in [0.4, 0.5) is 0 Å². The number of hydrogen-bond donors (Lipinski definition) is 2. The van der Waals surface area contributed by atoms with Gasteiger partial charge in [-0.1, -0.05) is 18.2 Å². The van der Waals surface area contributed by atoms with Gasteiger partial charge in [-0.05, 0) is 50.1 Å². The fourth-order valence-electron chi connectivity index (χ4n) is 2.79. The van der Waals surface area contributed by atoms with E-state index in [1.54, 1.807) is 42.5 Å². The van der Waals surface area contributed by atoms with E-state index in [0.717, 1.165) is 4.68 Å². The summed E-state index contributed by atoms with van der Waals surface area (Å²) in [5.74, 6) is 0.805. The molecule has 148 valence electrons. The molecule has 0 bridgehead atoms. The Balaban J connectivity index is 1.82. The molecule has 0 amide bonds. The fourth-order valence-corrected chi connectivity index (χ4v) is 4.12. The first-order valence-electron chi connectivity index (χ1n) is 8.30. The molecule has 9 nitrogen and oxygen atoms in total. The van der Waals surface area contributed by atoms with Gasteiger partial charge < -0.3 is 9.72 Å². The third kappa shape index (κ3) is 3.47. The molecule has 4 rings (SSSR count). The smallest absolute Gasteiger partial charge is 0.349 e. The van der Waals surface area contributed by atoms with Crippen molar-refractivity contribution >= 4 is 42.6 Å². The highest BCUT2D eigenvalue weighted by molar-refractivity contribution is 9.11. The summed E-state index contributed by atoms with van der Waals surface area (Å²) in [7, 11) is 0. The number of aromatic amines is 2. The summed E-state index contributed by atoms with van der Waals surface area (Å²) in [6, 6.07) is 11.7. The quantitative estimate of drug-likeness (QED) is 0.418. The Kier molecular flexibility index (Phi) is 5.11. The number of rotatable bonds is 3. The van der Waals surface area contributed by atoms with Crippen molar-refractivity contribution in [3.05, 3.63) is 88.4 Å². The van der Waals surface area contributed by atoms with Gasteiger partial charge in [0.2, 0.25) is 5.69 Å². The Labute approximate surface area is 183 Å². The molecule has 2 aromatic heterocycles. The molecule has 0 radical (unpaired) electrons. The van der Waals surface area contributed by atoms with Gasteiger partial charge in [0, 0.05) is 11.6 Å². The summed E-state index contributed by atoms with van der Waals surface area (Å²) in [6.07, 6.45) is 1.46. The van der Waals surface area contributed by atoms with Gasteiger partial charge >= 0.3 is 5.69 Å². The SMILES string of the molecule is N#Cc1nn(-c2cc(Br)c(Oc3c[nH]c(=O)c4ccccc34)c(Br)c2)c(=O)[nH]c1=O. The van der Waals surface area contributed by atoms with Crippen LogP contribution in [0, 0.1) is 11.3 Å². The van der Waals surface area contributed by atoms with Crippen LogP contribution in [-0.4, -0.2) is 19.7 Å². The standard InChI is InChI=1S/C19H9Br2N5O4/c20-12-5-9(26-19(29)24-18(28)14(7-22)25-26)6-13(21)16(12)30-15-8-23-17(27)11-4-2-1-3-10(11)15/h1-6,8H,(H,23,27)(H,24,28,29). The zero-order valence-corrected chi connectivity index (χ0v) is 17.9. The predicted molar refractivity (Wildman–Crippen MR) is 115 cm³/mol. The Hall–Kier alpha value is -3.49. The first-order valence-corrected chi connectivity index (χ1v) is 9.89. The lowest BCUT2D eigenvalue weighted by molar-refractivity contribution is 0.479. The highest BCUT2D eigenvalue weighted by Crippen LogP contribution is 2.39. The monoisotopic (exact) mass is 529 g/mol. The van der Waals surface area contributed by atoms with Crippen LogP contribution in [-0.2, 0) is 0 Å². The molecule has 2 aromatic carbocycles. The van der Waals surface area contributed by atoms with Gasteiger partial charge in [0.1, 0.15) is 6.07 Å². The number of pyridine rings is 1. The van der Waals surface area contributed by atoms with Gasteiger partial charge in [-0.25, -0.2) is 4.79 Å². The number of nitrogens with zero attached hydrogens (tertiary/aromatic N) is 3. The Morgan fingerprint density at radius 1 is 1.03 bits per heavy atom. The van der Waals surface area contributed by atoms with Gasteiger partial charge in [-0.15, -0.1) is 5.10 Å². The average Bonchev–Trinajstić information content (AvgIpc) is 2.72. The molecule has 2 heterocycles. The molecular weight excluding hydrogens is 522 g/mol. The predicted octanol–water partition coefficient (Wildman–Crippen LogP) is 2.95. The summed E-state index contributed by atoms with van der Waals surface area (Å²) in [5, 5.41) is 13.9. The maximum Gasteiger partial charge on any atom is 0.349 e. The molecule has 4 aromatic rings. The van der Waals surface area contributed by atoms with Crippen LogP contribution < -0.4 is 21.5 Å². The zero-order chi connectivity index (χ0) is 21.4. The van der Waals surface area contributed by atoms with Crippen LogP contribution in [0.3, 0.4) is 0 Å². The van der Waals surface area contributed by atoms with E-state index in [4.69, 9.17) is 10.00 Å². The highest BCUT2D eigenvalue weighted by Gasteiger charge is 2.16. The molecule has 0 atom stereocenters. The summed E-state index contributed by atoms with van der Waals surface area (Å²) < 4.78 is 7.83. The van der Waals surface area contributed by atoms with E-state index in [0.29, 0.717) is 31.2 Å². The van der Waals surface area contributed by atoms with Gasteiger partial charge in [0.05, 0.1) is 20.0 Å². The van der Waals surface area contributed by atoms with Gasteiger partial charge in [0.25, 0.3) is 11.1 Å². The van der Waals surface area contributed by atoms with Crippen molar-refractivity contribution in [2.75, 3.05) is 0 Å². The van der Waals surface area contributed by atoms with Crippen molar-refractivity contribution in [3.63, 3.8) is 0 Å². The minimum Gasteiger partial charge on any atom is -0.453 e. The number of benzene rings is 2. The Morgan fingerprint density at radius 2 is 1.70 bits per heavy atom. The zero-order valence-electron chi connectivity index (χ0n) is 14.8. The lowest BCUT2D eigenvalue weighted by atomic mass is 10.1. The topological polar surface area (TPSA) is 134 Å². The number of halogens is 2. The fraction of sp³-hybridized carbons (Fsp3) is 0. The minimum absolute atomic E-state index is 0.233. The Morgan fingerprint density at radius 3 is 2.37 bits per heavy atom. The van der Waals surface area contributed by atoms with Crippen molar-refractivity contribution in [2.45, 2.75) is 0 Å². The van der Waals surface area contributed by atoms with E-state index < -0.39 is 16.9 Å². The number of H-pyrrole nitrogens is 2. The third-order valence-electron chi connectivity index (χ3n) is 4.14. The molecule has 0 aliphatic rings. The molecule has 0 unspecified atom stereocenters. The molecule has 0 aliphatic carbocycles. The molecule has 0 spiro atoms. The van der Waals surface area contributed by atoms with Crippen molar-refractivity contribution < 1.29 is 4.74 Å². The van der Waals surface area contributed by atoms with Crippen LogP contribution in [0.1, 0.15) is 5.69 Å². The van der Waals surface area contributed by atoms with Gasteiger partial charge in [-0.3, -0.25) is 14.6 Å². The molecule has 2 N–H and O–H groups in total. The highest BCUT2D eigenvalue weighted by atomic mass is 79.9. The molecule has 0 saturated heterocycles. The molecule has 0 saturated carbocycles. The molecule has 0 aliphatic heterocycles. The number of nitrogens with one attached hydrogen (secondary N) is 2. The van der Waals surface area contributed by atoms with Gasteiger partial charge in [0.15, 0.2) is 11.5 Å². The molecular formula is C19H9Br2N5O4. The van der Waals surface area contributed by atoms with E-state index in [1.165, 1.54) is 6.20 Å². The first kappa shape index (κ1) is 19.8. The summed E-state index contributed by atoms with van der Waals surface area (Å²) in [6.45, 7) is 0. The van der Waals surface area contributed by atoms with E-state index in [9.17, 15) is 14.4 Å². The maximum absolute atomic E-state index is 12.1. The van der Waals surface area contributed by atoms with E-state index in [1.807, 2.05) is 4.98 Å². The normalized spacial score (nSPS) is 10.7. The van der Waals surface area contributed by atoms with Crippen LogP contribution in [0.2, 0.25) is 0 Å². The number of ether oxygens (including phenoxy) is 1. The minimum atomic E-state index is -0.859. The number of fused-ring (bicyclic) bond motifs is 1. The van der Waals surface area contributed by atoms with Crippen molar-refractivity contribution in [1.29, 1.82) is 5.26 Å². The number of aromatic nitrogens is 4. The molecule has 11 heteroatoms. The second-order valence-corrected chi connectivity index (χ2v) is 7.71. The second-order valence-electron chi connectivity index (χ2n) is 6.00. The van der Waals surface area contributed by atoms with Crippen molar-refractivity contribution in [3.8, 4) is 23.3 Å². The molecule has 0 fully saturated rings. The van der Waals surface area contributed by atoms with Crippen LogP contribution in [0.25, 0.3) is 16.5 Å². The van der Waals surface area contributed by atoms with Gasteiger partial charge in [-0.2, -0.15) is 9.94 Å². The third-order valence-corrected chi connectivity index (χ3v) is 5.32. The number of hydrogen-bond acceptors (Lipinski definition) is 6. The van der Waals surface area contributed by atoms with Crippen molar-refractivity contribution in [2.24, 2.45) is 0 Å². The number of nitriles is 1. The largest absolute Gasteiger partial charge is 0.453 e. The lowest BCUT2D eigenvalue weighted by Crippen LogP contribution is -2.33. The first-order chi connectivity index (χ1) is 14.4. The second kappa shape index (κ2) is 7.74. The Bertz CT molecular complexity index is 1510. The average molecular weight is 531 g/mol.